The number of aromatic nitrogens is 1. The molecule has 2 rings (SSSR count). The van der Waals surface area contributed by atoms with Crippen molar-refractivity contribution in [2.75, 3.05) is 12.2 Å². The summed E-state index contributed by atoms with van der Waals surface area (Å²) in [5.41, 5.74) is 6.63. The molecule has 1 aromatic heterocycles. The van der Waals surface area contributed by atoms with E-state index >= 15 is 0 Å². The van der Waals surface area contributed by atoms with Crippen LogP contribution in [0, 0.1) is 0 Å². The lowest BCUT2D eigenvalue weighted by molar-refractivity contribution is 0.631. The molecule has 0 atom stereocenters. The number of hydrogen-bond donors (Lipinski definition) is 2. The fourth-order valence-electron chi connectivity index (χ4n) is 0.998. The number of hydrogen-bond acceptors (Lipinski definition) is 3. The van der Waals surface area contributed by atoms with Crippen molar-refractivity contribution in [2.24, 2.45) is 0 Å². The van der Waals surface area contributed by atoms with Crippen LogP contribution in [-0.4, -0.2) is 11.5 Å². The van der Waals surface area contributed by atoms with Gasteiger partial charge in [-0.1, -0.05) is 0 Å². The normalized spacial score (nSPS) is 30.5. The maximum absolute atomic E-state index is 7.68. The van der Waals surface area contributed by atoms with Crippen LogP contribution in [0.3, 0.4) is 0 Å². The van der Waals surface area contributed by atoms with Gasteiger partial charge in [-0.25, -0.2) is 0 Å². The predicted octanol–water partition coefficient (Wildman–Crippen LogP) is 0.310. The lowest BCUT2D eigenvalue weighted by Gasteiger charge is -2.15. The Balaban J connectivity index is 2.55. The summed E-state index contributed by atoms with van der Waals surface area (Å²) in [6, 6.07) is 1.49. The molecule has 0 aromatic carbocycles. The van der Waals surface area contributed by atoms with E-state index in [0.29, 0.717) is 16.9 Å². The van der Waals surface area contributed by atoms with Crippen LogP contribution in [-0.2, 0) is 12.9 Å². The summed E-state index contributed by atoms with van der Waals surface area (Å²) in [6.07, 6.45) is 1.46. The van der Waals surface area contributed by atoms with Gasteiger partial charge in [-0.3, -0.25) is 4.98 Å². The number of pyridine rings is 1. The third-order valence-corrected chi connectivity index (χ3v) is 1.53. The summed E-state index contributed by atoms with van der Waals surface area (Å²) in [5, 5.41) is 2.29. The van der Waals surface area contributed by atoms with Crippen LogP contribution < -0.4 is 11.1 Å². The average Bonchev–Trinajstić information content (AvgIpc) is 2.03. The molecule has 0 bridgehead atoms. The van der Waals surface area contributed by atoms with Crippen LogP contribution in [0.1, 0.15) is 16.7 Å². The summed E-state index contributed by atoms with van der Waals surface area (Å²) in [4.78, 5) is 3.97. The maximum atomic E-state index is 7.68. The number of nitrogens with zero attached hydrogens (tertiary/aromatic N) is 1. The zero-order valence-corrected chi connectivity index (χ0v) is 5.89. The first-order chi connectivity index (χ1) is 6.80. The predicted molar refractivity (Wildman–Crippen MR) is 44.1 cm³/mol. The Morgan fingerprint density at radius 2 is 2.64 bits per heavy atom. The molecule has 2 heterocycles. The van der Waals surface area contributed by atoms with E-state index in [1.165, 1.54) is 12.3 Å². The summed E-state index contributed by atoms with van der Waals surface area (Å²) < 4.78 is 30.4. The van der Waals surface area contributed by atoms with Gasteiger partial charge in [-0.15, -0.1) is 0 Å². The fraction of sp³-hybridized carbons (Fsp3) is 0.375. The van der Waals surface area contributed by atoms with Crippen molar-refractivity contribution in [1.29, 1.82) is 0 Å². The van der Waals surface area contributed by atoms with E-state index in [-0.39, 0.29) is 6.42 Å². The molecule has 0 saturated heterocycles. The molecule has 0 fully saturated rings. The highest BCUT2D eigenvalue weighted by molar-refractivity contribution is 5.40. The SMILES string of the molecule is [2H]C1([2H])Cc2ncc(N)cc2C([2H])([2H])N1. The van der Waals surface area contributed by atoms with Gasteiger partial charge in [0.15, 0.2) is 0 Å². The topological polar surface area (TPSA) is 50.9 Å². The van der Waals surface area contributed by atoms with Gasteiger partial charge in [0.1, 0.15) is 0 Å². The fourth-order valence-corrected chi connectivity index (χ4v) is 0.998. The Labute approximate surface area is 71.2 Å². The largest absolute Gasteiger partial charge is 0.397 e. The quantitative estimate of drug-likeness (QED) is 0.564. The molecule has 1 aromatic rings. The van der Waals surface area contributed by atoms with Crippen LogP contribution in [0.25, 0.3) is 0 Å². The molecule has 0 aliphatic carbocycles. The van der Waals surface area contributed by atoms with E-state index in [4.69, 9.17) is 11.2 Å². The Hall–Kier alpha value is -1.09. The number of rotatable bonds is 0. The van der Waals surface area contributed by atoms with E-state index in [0.717, 1.165) is 0 Å². The van der Waals surface area contributed by atoms with Gasteiger partial charge in [-0.05, 0) is 11.6 Å². The number of nitrogen functional groups attached to an aromatic ring is 1. The van der Waals surface area contributed by atoms with Crippen LogP contribution in [0.15, 0.2) is 12.3 Å². The highest BCUT2D eigenvalue weighted by atomic mass is 14.9. The summed E-state index contributed by atoms with van der Waals surface area (Å²) >= 11 is 0. The number of nitrogens with one attached hydrogen (secondary N) is 1. The van der Waals surface area contributed by atoms with Crippen molar-refractivity contribution in [3.8, 4) is 0 Å². The molecule has 0 radical (unpaired) electrons. The monoisotopic (exact) mass is 153 g/mol. The molecule has 0 unspecified atom stereocenters. The average molecular weight is 153 g/mol. The minimum Gasteiger partial charge on any atom is -0.397 e. The van der Waals surface area contributed by atoms with Gasteiger partial charge in [0, 0.05) is 30.6 Å². The molecule has 1 aliphatic heterocycles. The minimum atomic E-state index is -1.93. The molecule has 0 saturated carbocycles. The molecule has 0 amide bonds. The first kappa shape index (κ1) is 3.54. The lowest BCUT2D eigenvalue weighted by Crippen LogP contribution is -2.24. The van der Waals surface area contributed by atoms with Crippen molar-refractivity contribution in [3.05, 3.63) is 23.5 Å². The second-order valence-electron chi connectivity index (χ2n) is 2.37. The van der Waals surface area contributed by atoms with Gasteiger partial charge in [0.05, 0.1) is 11.9 Å². The Bertz CT molecular complexity index is 405. The number of fused-ring (bicyclic) bond motifs is 1. The zero-order valence-electron chi connectivity index (χ0n) is 9.89. The van der Waals surface area contributed by atoms with Gasteiger partial charge in [-0.2, -0.15) is 0 Å². The Kier molecular flexibility index (Phi) is 0.807. The lowest BCUT2D eigenvalue weighted by atomic mass is 10.1. The summed E-state index contributed by atoms with van der Waals surface area (Å²) in [7, 11) is 0. The molecule has 3 nitrogen and oxygen atoms in total. The second kappa shape index (κ2) is 2.51. The molecule has 3 N–H and O–H groups in total. The zero-order chi connectivity index (χ0) is 11.3. The van der Waals surface area contributed by atoms with E-state index in [9.17, 15) is 0 Å². The molecule has 1 aliphatic rings. The highest BCUT2D eigenvalue weighted by Crippen LogP contribution is 2.13. The molecule has 58 valence electrons. The first-order valence-electron chi connectivity index (χ1n) is 5.34. The number of anilines is 1. The van der Waals surface area contributed by atoms with E-state index in [1.807, 2.05) is 0 Å². The third-order valence-electron chi connectivity index (χ3n) is 1.53. The van der Waals surface area contributed by atoms with E-state index in [1.54, 1.807) is 0 Å². The van der Waals surface area contributed by atoms with Gasteiger partial charge in [0.25, 0.3) is 0 Å². The first-order valence-corrected chi connectivity index (χ1v) is 3.34. The third kappa shape index (κ3) is 1.19. The second-order valence-corrected chi connectivity index (χ2v) is 2.37. The molecule has 11 heavy (non-hydrogen) atoms. The van der Waals surface area contributed by atoms with Crippen molar-refractivity contribution in [3.63, 3.8) is 0 Å². The molecular weight excluding hydrogens is 138 g/mol. The minimum absolute atomic E-state index is 0.0438. The smallest absolute Gasteiger partial charge is 0.0504 e. The van der Waals surface area contributed by atoms with Crippen LogP contribution >= 0.6 is 0 Å². The van der Waals surface area contributed by atoms with Crippen molar-refractivity contribution < 1.29 is 5.48 Å². The number of aryl methyl sites for hydroxylation is 1. The standard InChI is InChI=1S/C8H11N3/c9-7-3-6-4-10-2-1-8(6)11-5-7/h3,5,10H,1-2,4,9H2/i2D2,4D2. The van der Waals surface area contributed by atoms with Crippen LogP contribution in [0.4, 0.5) is 5.69 Å². The van der Waals surface area contributed by atoms with Crippen molar-refractivity contribution in [1.82, 2.24) is 10.3 Å². The summed E-state index contributed by atoms with van der Waals surface area (Å²) in [6.45, 7) is -3.71. The molecule has 0 spiro atoms. The van der Waals surface area contributed by atoms with Crippen LogP contribution in [0.5, 0.6) is 0 Å². The highest BCUT2D eigenvalue weighted by Gasteiger charge is 2.08. The van der Waals surface area contributed by atoms with Crippen LogP contribution in [0.2, 0.25) is 0 Å². The van der Waals surface area contributed by atoms with Gasteiger partial charge in [0.2, 0.25) is 0 Å². The molecule has 3 heteroatoms. The van der Waals surface area contributed by atoms with E-state index < -0.39 is 13.0 Å². The number of nitrogens with two attached hydrogens (primary N) is 1. The van der Waals surface area contributed by atoms with Gasteiger partial charge >= 0.3 is 0 Å². The molecular formula is C8H11N3. The van der Waals surface area contributed by atoms with Gasteiger partial charge < -0.3 is 11.1 Å². The van der Waals surface area contributed by atoms with E-state index in [2.05, 4.69) is 10.3 Å². The van der Waals surface area contributed by atoms with Crippen molar-refractivity contribution in [2.45, 2.75) is 12.9 Å². The Morgan fingerprint density at radius 1 is 1.73 bits per heavy atom. The maximum Gasteiger partial charge on any atom is 0.0504 e. The van der Waals surface area contributed by atoms with Crippen molar-refractivity contribution >= 4 is 5.69 Å². The Morgan fingerprint density at radius 3 is 3.55 bits per heavy atom. The summed E-state index contributed by atoms with van der Waals surface area (Å²) in [5.74, 6) is 0.